The predicted octanol–water partition coefficient (Wildman–Crippen LogP) is 4.80. The number of ether oxygens (including phenoxy) is 2. The third-order valence-electron chi connectivity index (χ3n) is 3.31. The van der Waals surface area contributed by atoms with Gasteiger partial charge in [0.05, 0.1) is 19.9 Å². The van der Waals surface area contributed by atoms with Gasteiger partial charge in [0.1, 0.15) is 0 Å². The third kappa shape index (κ3) is 4.72. The van der Waals surface area contributed by atoms with Crippen molar-refractivity contribution in [2.24, 2.45) is 0 Å². The van der Waals surface area contributed by atoms with Gasteiger partial charge < -0.3 is 14.8 Å². The summed E-state index contributed by atoms with van der Waals surface area (Å²) in [7, 11) is 3.19. The zero-order valence-corrected chi connectivity index (χ0v) is 16.0. The van der Waals surface area contributed by atoms with E-state index in [1.54, 1.807) is 14.2 Å². The lowest BCUT2D eigenvalue weighted by molar-refractivity contribution is -0.116. The number of methoxy groups -OCH3 is 2. The molecule has 2 aromatic rings. The molecule has 2 aromatic carbocycles. The second kappa shape index (κ2) is 8.36. The quantitative estimate of drug-likeness (QED) is 0.698. The molecule has 0 aliphatic carbocycles. The number of halogens is 2. The van der Waals surface area contributed by atoms with E-state index >= 15 is 0 Å². The zero-order valence-electron chi connectivity index (χ0n) is 12.9. The molecule has 2 rings (SSSR count). The fourth-order valence-corrected chi connectivity index (χ4v) is 3.35. The molecule has 0 saturated carbocycles. The summed E-state index contributed by atoms with van der Waals surface area (Å²) in [4.78, 5) is 12.2. The number of anilines is 1. The van der Waals surface area contributed by atoms with Gasteiger partial charge in [-0.05, 0) is 52.2 Å². The van der Waals surface area contributed by atoms with Gasteiger partial charge in [-0.2, -0.15) is 0 Å². The van der Waals surface area contributed by atoms with Gasteiger partial charge in [-0.3, -0.25) is 4.79 Å². The highest BCUT2D eigenvalue weighted by Crippen LogP contribution is 2.31. The fourth-order valence-electron chi connectivity index (χ4n) is 2.20. The number of hydrogen-bond acceptors (Lipinski definition) is 3. The van der Waals surface area contributed by atoms with Crippen LogP contribution in [-0.2, 0) is 11.2 Å². The van der Waals surface area contributed by atoms with Crippen LogP contribution in [0, 0.1) is 0 Å². The topological polar surface area (TPSA) is 47.6 Å². The van der Waals surface area contributed by atoms with Gasteiger partial charge >= 0.3 is 0 Å². The van der Waals surface area contributed by atoms with Crippen LogP contribution in [0.5, 0.6) is 11.5 Å². The van der Waals surface area contributed by atoms with Crippen LogP contribution >= 0.6 is 31.9 Å². The van der Waals surface area contributed by atoms with Gasteiger partial charge in [-0.25, -0.2) is 0 Å². The molecule has 0 spiro atoms. The van der Waals surface area contributed by atoms with Crippen LogP contribution in [0.3, 0.4) is 0 Å². The van der Waals surface area contributed by atoms with Crippen molar-refractivity contribution in [1.82, 2.24) is 0 Å². The smallest absolute Gasteiger partial charge is 0.224 e. The first-order valence-corrected chi connectivity index (χ1v) is 8.58. The summed E-state index contributed by atoms with van der Waals surface area (Å²) >= 11 is 6.82. The number of rotatable bonds is 6. The third-order valence-corrected chi connectivity index (χ3v) is 4.46. The number of carbonyl (C=O) groups is 1. The van der Waals surface area contributed by atoms with Gasteiger partial charge in [-0.15, -0.1) is 0 Å². The lowest BCUT2D eigenvalue weighted by atomic mass is 10.1. The molecule has 6 heteroatoms. The summed E-state index contributed by atoms with van der Waals surface area (Å²) in [5.74, 6) is 1.28. The molecule has 23 heavy (non-hydrogen) atoms. The van der Waals surface area contributed by atoms with E-state index in [2.05, 4.69) is 37.2 Å². The molecule has 0 saturated heterocycles. The molecule has 0 radical (unpaired) electrons. The van der Waals surface area contributed by atoms with Crippen molar-refractivity contribution >= 4 is 43.5 Å². The molecule has 0 aliphatic heterocycles. The maximum atomic E-state index is 12.2. The van der Waals surface area contributed by atoms with Crippen molar-refractivity contribution < 1.29 is 14.3 Å². The molecule has 0 aromatic heterocycles. The maximum Gasteiger partial charge on any atom is 0.224 e. The van der Waals surface area contributed by atoms with Crippen LogP contribution in [-0.4, -0.2) is 20.1 Å². The lowest BCUT2D eigenvalue weighted by Gasteiger charge is -2.12. The summed E-state index contributed by atoms with van der Waals surface area (Å²) in [5, 5.41) is 2.90. The molecular weight excluding hydrogens is 426 g/mol. The van der Waals surface area contributed by atoms with E-state index in [1.807, 2.05) is 36.4 Å². The van der Waals surface area contributed by atoms with Gasteiger partial charge in [0, 0.05) is 15.4 Å². The van der Waals surface area contributed by atoms with Gasteiger partial charge in [0.2, 0.25) is 5.91 Å². The Kier molecular flexibility index (Phi) is 6.47. The number of hydrogen-bond donors (Lipinski definition) is 1. The minimum Gasteiger partial charge on any atom is -0.493 e. The van der Waals surface area contributed by atoms with Crippen LogP contribution in [0.15, 0.2) is 45.3 Å². The van der Waals surface area contributed by atoms with E-state index in [4.69, 9.17) is 9.47 Å². The first kappa shape index (κ1) is 17.8. The summed E-state index contributed by atoms with van der Waals surface area (Å²) in [5.41, 5.74) is 1.69. The van der Waals surface area contributed by atoms with Crippen LogP contribution in [0.2, 0.25) is 0 Å². The normalized spacial score (nSPS) is 10.3. The Bertz CT molecular complexity index is 704. The van der Waals surface area contributed by atoms with Crippen molar-refractivity contribution in [3.63, 3.8) is 0 Å². The minimum atomic E-state index is -0.0575. The summed E-state index contributed by atoms with van der Waals surface area (Å²) in [6, 6.07) is 11.3. The Morgan fingerprint density at radius 2 is 1.91 bits per heavy atom. The summed E-state index contributed by atoms with van der Waals surface area (Å²) < 4.78 is 12.4. The van der Waals surface area contributed by atoms with E-state index in [0.29, 0.717) is 24.3 Å². The van der Waals surface area contributed by atoms with Crippen molar-refractivity contribution in [1.29, 1.82) is 0 Å². The number of para-hydroxylation sites is 1. The number of benzene rings is 2. The average Bonchev–Trinajstić information content (AvgIpc) is 2.55. The standard InChI is InChI=1S/C17H17Br2NO3/c1-22-15-5-3-4-11(17(15)23-2)6-9-16(21)20-14-8-7-12(18)10-13(14)19/h3-5,7-8,10H,6,9H2,1-2H3,(H,20,21). The van der Waals surface area contributed by atoms with Crippen LogP contribution < -0.4 is 14.8 Å². The molecule has 122 valence electrons. The van der Waals surface area contributed by atoms with Crippen LogP contribution in [0.4, 0.5) is 5.69 Å². The number of carbonyl (C=O) groups excluding carboxylic acids is 1. The lowest BCUT2D eigenvalue weighted by Crippen LogP contribution is -2.13. The van der Waals surface area contributed by atoms with E-state index in [0.717, 1.165) is 20.2 Å². The van der Waals surface area contributed by atoms with E-state index in [-0.39, 0.29) is 5.91 Å². The van der Waals surface area contributed by atoms with E-state index in [1.165, 1.54) is 0 Å². The van der Waals surface area contributed by atoms with E-state index in [9.17, 15) is 4.79 Å². The molecule has 0 aliphatic rings. The SMILES string of the molecule is COc1cccc(CCC(=O)Nc2ccc(Br)cc2Br)c1OC. The molecular formula is C17H17Br2NO3. The minimum absolute atomic E-state index is 0.0575. The molecule has 0 atom stereocenters. The fraction of sp³-hybridized carbons (Fsp3) is 0.235. The van der Waals surface area contributed by atoms with Crippen molar-refractivity contribution in [2.45, 2.75) is 12.8 Å². The summed E-state index contributed by atoms with van der Waals surface area (Å²) in [6.45, 7) is 0. The van der Waals surface area contributed by atoms with Gasteiger partial charge in [0.25, 0.3) is 0 Å². The molecule has 0 heterocycles. The van der Waals surface area contributed by atoms with Crippen LogP contribution in [0.25, 0.3) is 0 Å². The molecule has 4 nitrogen and oxygen atoms in total. The Labute approximate surface area is 152 Å². The molecule has 1 amide bonds. The molecule has 0 unspecified atom stereocenters. The average molecular weight is 443 g/mol. The highest BCUT2D eigenvalue weighted by atomic mass is 79.9. The highest BCUT2D eigenvalue weighted by molar-refractivity contribution is 9.11. The largest absolute Gasteiger partial charge is 0.493 e. The predicted molar refractivity (Wildman–Crippen MR) is 98.3 cm³/mol. The second-order valence-electron chi connectivity index (χ2n) is 4.82. The number of amides is 1. The molecule has 0 bridgehead atoms. The Balaban J connectivity index is 2.02. The Hall–Kier alpha value is -1.53. The maximum absolute atomic E-state index is 12.2. The van der Waals surface area contributed by atoms with Gasteiger partial charge in [0.15, 0.2) is 11.5 Å². The van der Waals surface area contributed by atoms with Crippen molar-refractivity contribution in [2.75, 3.05) is 19.5 Å². The number of aryl methyl sites for hydroxylation is 1. The highest BCUT2D eigenvalue weighted by Gasteiger charge is 2.12. The second-order valence-corrected chi connectivity index (χ2v) is 6.60. The van der Waals surface area contributed by atoms with E-state index < -0.39 is 0 Å². The molecule has 0 fully saturated rings. The molecule has 1 N–H and O–H groups in total. The summed E-state index contributed by atoms with van der Waals surface area (Å²) in [6.07, 6.45) is 0.923. The Morgan fingerprint density at radius 3 is 2.57 bits per heavy atom. The van der Waals surface area contributed by atoms with Crippen molar-refractivity contribution in [3.05, 3.63) is 50.9 Å². The first-order chi connectivity index (χ1) is 11.0. The zero-order chi connectivity index (χ0) is 16.8. The van der Waals surface area contributed by atoms with Crippen molar-refractivity contribution in [3.8, 4) is 11.5 Å². The van der Waals surface area contributed by atoms with Gasteiger partial charge in [-0.1, -0.05) is 28.1 Å². The number of nitrogens with one attached hydrogen (secondary N) is 1. The monoisotopic (exact) mass is 441 g/mol. The van der Waals surface area contributed by atoms with Crippen LogP contribution in [0.1, 0.15) is 12.0 Å². The Morgan fingerprint density at radius 1 is 1.13 bits per heavy atom. The first-order valence-electron chi connectivity index (χ1n) is 7.00.